The molecule has 2 heterocycles. The van der Waals surface area contributed by atoms with Gasteiger partial charge in [0, 0.05) is 37.0 Å². The van der Waals surface area contributed by atoms with E-state index >= 15 is 0 Å². The Labute approximate surface area is 114 Å². The molecule has 2 unspecified atom stereocenters. The maximum Gasteiger partial charge on any atom is 0.222 e. The highest BCUT2D eigenvalue weighted by molar-refractivity contribution is 5.76. The molecule has 3 rings (SSSR count). The maximum absolute atomic E-state index is 11.6. The van der Waals surface area contributed by atoms with E-state index in [2.05, 4.69) is 17.6 Å². The first-order chi connectivity index (χ1) is 9.08. The fourth-order valence-corrected chi connectivity index (χ4v) is 3.61. The van der Waals surface area contributed by atoms with Crippen molar-refractivity contribution in [1.82, 2.24) is 9.47 Å². The van der Waals surface area contributed by atoms with E-state index in [-0.39, 0.29) is 12.0 Å². The van der Waals surface area contributed by atoms with Crippen LogP contribution in [-0.4, -0.2) is 34.1 Å². The number of aliphatic hydroxyl groups excluding tert-OH is 1. The zero-order chi connectivity index (χ0) is 13.6. The van der Waals surface area contributed by atoms with Crippen LogP contribution in [0.2, 0.25) is 0 Å². The number of aliphatic hydroxyl groups is 1. The van der Waals surface area contributed by atoms with Gasteiger partial charge in [0.2, 0.25) is 5.91 Å². The molecule has 19 heavy (non-hydrogen) atoms. The van der Waals surface area contributed by atoms with Crippen LogP contribution in [0.25, 0.3) is 0 Å². The molecule has 0 spiro atoms. The SMILES string of the molecule is Cc1cc2c(n1C1CCC(=O)N(C)C1)CCCC2O. The molecule has 1 fully saturated rings. The number of carbonyl (C=O) groups is 1. The number of rotatable bonds is 1. The molecule has 1 aromatic heterocycles. The minimum absolute atomic E-state index is 0.245. The van der Waals surface area contributed by atoms with Crippen LogP contribution in [0.4, 0.5) is 0 Å². The van der Waals surface area contributed by atoms with Crippen molar-refractivity contribution in [2.75, 3.05) is 13.6 Å². The fraction of sp³-hybridized carbons (Fsp3) is 0.667. The lowest BCUT2D eigenvalue weighted by atomic mass is 9.94. The topological polar surface area (TPSA) is 45.5 Å². The molecule has 1 amide bonds. The van der Waals surface area contributed by atoms with Crippen LogP contribution in [0.5, 0.6) is 0 Å². The number of aromatic nitrogens is 1. The summed E-state index contributed by atoms with van der Waals surface area (Å²) in [6.07, 6.45) is 4.23. The number of aryl methyl sites for hydroxylation is 1. The summed E-state index contributed by atoms with van der Waals surface area (Å²) >= 11 is 0. The van der Waals surface area contributed by atoms with E-state index in [0.717, 1.165) is 37.8 Å². The standard InChI is InChI=1S/C15H22N2O2/c1-10-8-12-13(4-3-5-14(12)18)17(10)11-6-7-15(19)16(2)9-11/h8,11,14,18H,3-7,9H2,1-2H3. The number of piperidine rings is 1. The summed E-state index contributed by atoms with van der Waals surface area (Å²) in [6.45, 7) is 2.90. The molecule has 1 aliphatic heterocycles. The van der Waals surface area contributed by atoms with Crippen LogP contribution in [0, 0.1) is 6.92 Å². The van der Waals surface area contributed by atoms with E-state index in [9.17, 15) is 9.90 Å². The van der Waals surface area contributed by atoms with E-state index in [1.807, 2.05) is 11.9 Å². The van der Waals surface area contributed by atoms with Gasteiger partial charge in [-0.1, -0.05) is 0 Å². The Kier molecular flexibility index (Phi) is 3.13. The lowest BCUT2D eigenvalue weighted by molar-refractivity contribution is -0.132. The van der Waals surface area contributed by atoms with Crippen LogP contribution in [0.1, 0.15) is 54.8 Å². The molecule has 0 aromatic carbocycles. The van der Waals surface area contributed by atoms with Crippen LogP contribution in [0.3, 0.4) is 0 Å². The van der Waals surface area contributed by atoms with E-state index in [1.54, 1.807) is 0 Å². The summed E-state index contributed by atoms with van der Waals surface area (Å²) in [4.78, 5) is 13.4. The fourth-order valence-electron chi connectivity index (χ4n) is 3.61. The molecule has 2 atom stereocenters. The Hall–Kier alpha value is -1.29. The quantitative estimate of drug-likeness (QED) is 0.841. The summed E-state index contributed by atoms with van der Waals surface area (Å²) in [5, 5.41) is 10.1. The van der Waals surface area contributed by atoms with Crippen molar-refractivity contribution < 1.29 is 9.90 Å². The van der Waals surface area contributed by atoms with Gasteiger partial charge in [-0.3, -0.25) is 4.79 Å². The number of fused-ring (bicyclic) bond motifs is 1. The van der Waals surface area contributed by atoms with Gasteiger partial charge >= 0.3 is 0 Å². The Balaban J connectivity index is 1.95. The molecule has 0 saturated carbocycles. The number of hydrogen-bond acceptors (Lipinski definition) is 2. The van der Waals surface area contributed by atoms with Crippen molar-refractivity contribution in [1.29, 1.82) is 0 Å². The summed E-state index contributed by atoms with van der Waals surface area (Å²) in [6, 6.07) is 2.51. The molecule has 0 bridgehead atoms. The van der Waals surface area contributed by atoms with E-state index in [4.69, 9.17) is 0 Å². The minimum atomic E-state index is -0.299. The highest BCUT2D eigenvalue weighted by Crippen LogP contribution is 2.35. The van der Waals surface area contributed by atoms with Gasteiger partial charge in [-0.15, -0.1) is 0 Å². The Bertz CT molecular complexity index is 506. The van der Waals surface area contributed by atoms with Gasteiger partial charge < -0.3 is 14.6 Å². The van der Waals surface area contributed by atoms with Gasteiger partial charge in [-0.25, -0.2) is 0 Å². The van der Waals surface area contributed by atoms with Gasteiger partial charge in [-0.2, -0.15) is 0 Å². The van der Waals surface area contributed by atoms with E-state index in [0.29, 0.717) is 12.5 Å². The summed E-state index contributed by atoms with van der Waals surface area (Å²) < 4.78 is 2.38. The van der Waals surface area contributed by atoms with Gasteiger partial charge in [0.15, 0.2) is 0 Å². The largest absolute Gasteiger partial charge is 0.388 e. The van der Waals surface area contributed by atoms with Crippen LogP contribution in [-0.2, 0) is 11.2 Å². The third-order valence-corrected chi connectivity index (χ3v) is 4.59. The van der Waals surface area contributed by atoms with Gasteiger partial charge in [0.05, 0.1) is 12.1 Å². The second kappa shape index (κ2) is 4.67. The van der Waals surface area contributed by atoms with Crippen LogP contribution in [0.15, 0.2) is 6.07 Å². The molecular formula is C15H22N2O2. The zero-order valence-electron chi connectivity index (χ0n) is 11.7. The molecule has 0 radical (unpaired) electrons. The Morgan fingerprint density at radius 1 is 1.32 bits per heavy atom. The first-order valence-electron chi connectivity index (χ1n) is 7.20. The predicted molar refractivity (Wildman–Crippen MR) is 73.0 cm³/mol. The molecule has 1 saturated heterocycles. The number of likely N-dealkylation sites (tertiary alicyclic amines) is 1. The molecule has 1 aromatic rings. The van der Waals surface area contributed by atoms with Crippen molar-refractivity contribution in [2.45, 2.75) is 51.2 Å². The Morgan fingerprint density at radius 3 is 2.84 bits per heavy atom. The lowest BCUT2D eigenvalue weighted by Crippen LogP contribution is -2.38. The third kappa shape index (κ3) is 2.08. The van der Waals surface area contributed by atoms with Gasteiger partial charge in [-0.05, 0) is 38.7 Å². The van der Waals surface area contributed by atoms with Crippen LogP contribution >= 0.6 is 0 Å². The van der Waals surface area contributed by atoms with E-state index in [1.165, 1.54) is 11.4 Å². The highest BCUT2D eigenvalue weighted by Gasteiger charge is 2.30. The number of likely N-dealkylation sites (N-methyl/N-ethyl adjacent to an activating group) is 1. The third-order valence-electron chi connectivity index (χ3n) is 4.59. The minimum Gasteiger partial charge on any atom is -0.388 e. The van der Waals surface area contributed by atoms with Crippen molar-refractivity contribution in [3.05, 3.63) is 23.0 Å². The van der Waals surface area contributed by atoms with Gasteiger partial charge in [0.25, 0.3) is 0 Å². The lowest BCUT2D eigenvalue weighted by Gasteiger charge is -2.33. The number of hydrogen-bond donors (Lipinski definition) is 1. The average Bonchev–Trinajstić information content (AvgIpc) is 2.71. The smallest absolute Gasteiger partial charge is 0.222 e. The summed E-state index contributed by atoms with van der Waals surface area (Å²) in [5.41, 5.74) is 3.63. The normalized spacial score (nSPS) is 27.5. The van der Waals surface area contributed by atoms with E-state index < -0.39 is 0 Å². The molecular weight excluding hydrogens is 240 g/mol. The molecule has 104 valence electrons. The molecule has 4 nitrogen and oxygen atoms in total. The number of nitrogens with zero attached hydrogens (tertiary/aromatic N) is 2. The average molecular weight is 262 g/mol. The molecule has 1 aliphatic carbocycles. The number of amides is 1. The second-order valence-electron chi connectivity index (χ2n) is 5.93. The van der Waals surface area contributed by atoms with Crippen molar-refractivity contribution in [3.63, 3.8) is 0 Å². The first kappa shape index (κ1) is 12.7. The Morgan fingerprint density at radius 2 is 2.11 bits per heavy atom. The molecule has 2 aliphatic rings. The maximum atomic E-state index is 11.6. The van der Waals surface area contributed by atoms with Gasteiger partial charge in [0.1, 0.15) is 0 Å². The molecule has 4 heteroatoms. The zero-order valence-corrected chi connectivity index (χ0v) is 11.7. The second-order valence-corrected chi connectivity index (χ2v) is 5.93. The first-order valence-corrected chi connectivity index (χ1v) is 7.20. The predicted octanol–water partition coefficient (Wildman–Crippen LogP) is 1.96. The van der Waals surface area contributed by atoms with Crippen LogP contribution < -0.4 is 0 Å². The number of carbonyl (C=O) groups excluding carboxylic acids is 1. The van der Waals surface area contributed by atoms with Crippen molar-refractivity contribution >= 4 is 5.91 Å². The molecule has 1 N–H and O–H groups in total. The highest BCUT2D eigenvalue weighted by atomic mass is 16.3. The van der Waals surface area contributed by atoms with Crippen molar-refractivity contribution in [2.24, 2.45) is 0 Å². The van der Waals surface area contributed by atoms with Crippen molar-refractivity contribution in [3.8, 4) is 0 Å². The summed E-state index contributed by atoms with van der Waals surface area (Å²) in [7, 11) is 1.88. The summed E-state index contributed by atoms with van der Waals surface area (Å²) in [5.74, 6) is 0.245. The monoisotopic (exact) mass is 262 g/mol.